The number of aromatic nitrogens is 1. The highest BCUT2D eigenvalue weighted by Gasteiger charge is 2.23. The molecule has 1 N–H and O–H groups in total. The second-order valence-corrected chi connectivity index (χ2v) is 7.07. The van der Waals surface area contributed by atoms with E-state index in [2.05, 4.69) is 21.2 Å². The molecule has 0 radical (unpaired) electrons. The number of hydrogen-bond donors (Lipinski definition) is 1. The van der Waals surface area contributed by atoms with Gasteiger partial charge in [-0.15, -0.1) is 0 Å². The molecule has 0 spiro atoms. The first kappa shape index (κ1) is 18.5. The monoisotopic (exact) mass is 394 g/mol. The third kappa shape index (κ3) is 3.98. The zero-order valence-electron chi connectivity index (χ0n) is 14.4. The van der Waals surface area contributed by atoms with E-state index in [1.807, 2.05) is 49.6 Å². The van der Waals surface area contributed by atoms with Gasteiger partial charge in [-0.1, -0.05) is 32.0 Å². The summed E-state index contributed by atoms with van der Waals surface area (Å²) >= 11 is 3.58. The summed E-state index contributed by atoms with van der Waals surface area (Å²) in [6, 6.07) is 7.28. The van der Waals surface area contributed by atoms with Crippen LogP contribution < -0.4 is 5.32 Å². The van der Waals surface area contributed by atoms with Crippen molar-refractivity contribution in [2.45, 2.75) is 39.8 Å². The van der Waals surface area contributed by atoms with Gasteiger partial charge in [-0.2, -0.15) is 0 Å². The van der Waals surface area contributed by atoms with Crippen LogP contribution in [0.15, 0.2) is 28.7 Å². The second-order valence-electron chi connectivity index (χ2n) is 6.28. The van der Waals surface area contributed by atoms with Gasteiger partial charge in [-0.25, -0.2) is 4.79 Å². The van der Waals surface area contributed by atoms with E-state index in [9.17, 15) is 9.59 Å². The van der Waals surface area contributed by atoms with Gasteiger partial charge in [0.2, 0.25) is 5.91 Å². The minimum Gasteiger partial charge on any atom is -0.467 e. The van der Waals surface area contributed by atoms with Crippen LogP contribution in [-0.2, 0) is 20.9 Å². The largest absolute Gasteiger partial charge is 0.467 e. The second kappa shape index (κ2) is 7.83. The zero-order chi connectivity index (χ0) is 17.9. The molecule has 0 aliphatic heterocycles. The Hall–Kier alpha value is -1.82. The molecule has 0 saturated heterocycles. The Bertz CT molecular complexity index is 752. The molecule has 1 aromatic heterocycles. The van der Waals surface area contributed by atoms with Gasteiger partial charge < -0.3 is 14.6 Å². The van der Waals surface area contributed by atoms with Crippen molar-refractivity contribution in [1.82, 2.24) is 9.88 Å². The first-order chi connectivity index (χ1) is 11.3. The van der Waals surface area contributed by atoms with E-state index in [1.165, 1.54) is 7.11 Å². The predicted molar refractivity (Wildman–Crippen MR) is 97.8 cm³/mol. The number of para-hydroxylation sites is 1. The van der Waals surface area contributed by atoms with Gasteiger partial charge in [-0.05, 0) is 41.3 Å². The number of methoxy groups -OCH3 is 1. The van der Waals surface area contributed by atoms with E-state index < -0.39 is 12.0 Å². The van der Waals surface area contributed by atoms with E-state index >= 15 is 0 Å². The molecule has 6 heteroatoms. The molecular formula is C18H23BrN2O3. The molecule has 0 aliphatic carbocycles. The zero-order valence-corrected chi connectivity index (χ0v) is 16.0. The van der Waals surface area contributed by atoms with Crippen molar-refractivity contribution in [1.29, 1.82) is 0 Å². The van der Waals surface area contributed by atoms with Gasteiger partial charge in [0, 0.05) is 21.1 Å². The maximum Gasteiger partial charge on any atom is 0.328 e. The van der Waals surface area contributed by atoms with E-state index in [0.717, 1.165) is 21.1 Å². The number of ether oxygens (including phenoxy) is 1. The minimum atomic E-state index is -0.618. The van der Waals surface area contributed by atoms with E-state index in [0.29, 0.717) is 6.42 Å². The Labute approximate surface area is 150 Å². The van der Waals surface area contributed by atoms with Crippen LogP contribution in [0.1, 0.15) is 26.0 Å². The molecule has 2 rings (SSSR count). The maximum absolute atomic E-state index is 12.5. The number of halogens is 1. The molecule has 0 aliphatic rings. The summed E-state index contributed by atoms with van der Waals surface area (Å²) in [6.07, 6.45) is 0.549. The number of nitrogens with one attached hydrogen (secondary N) is 1. The van der Waals surface area contributed by atoms with Crippen molar-refractivity contribution in [3.63, 3.8) is 0 Å². The number of carbonyl (C=O) groups excluding carboxylic acids is 2. The molecule has 24 heavy (non-hydrogen) atoms. The molecule has 1 atom stereocenters. The summed E-state index contributed by atoms with van der Waals surface area (Å²) in [7, 11) is 1.34. The summed E-state index contributed by atoms with van der Waals surface area (Å²) in [6.45, 7) is 6.12. The number of amides is 1. The third-order valence-electron chi connectivity index (χ3n) is 3.98. The molecule has 1 aromatic carbocycles. The molecule has 2 aromatic rings. The fourth-order valence-electron chi connectivity index (χ4n) is 2.80. The molecule has 0 saturated carbocycles. The van der Waals surface area contributed by atoms with Crippen LogP contribution in [-0.4, -0.2) is 29.6 Å². The lowest BCUT2D eigenvalue weighted by molar-refractivity contribution is -0.145. The lowest BCUT2D eigenvalue weighted by Crippen LogP contribution is -2.43. The van der Waals surface area contributed by atoms with Crippen molar-refractivity contribution in [3.05, 3.63) is 34.4 Å². The van der Waals surface area contributed by atoms with Crippen LogP contribution in [0.5, 0.6) is 0 Å². The molecule has 0 fully saturated rings. The highest BCUT2D eigenvalue weighted by atomic mass is 79.9. The first-order valence-electron chi connectivity index (χ1n) is 7.95. The summed E-state index contributed by atoms with van der Waals surface area (Å²) in [5.41, 5.74) is 1.96. The number of rotatable bonds is 6. The van der Waals surface area contributed by atoms with Gasteiger partial charge in [-0.3, -0.25) is 4.79 Å². The van der Waals surface area contributed by atoms with Crippen LogP contribution in [0.4, 0.5) is 0 Å². The Morgan fingerprint density at radius 1 is 1.29 bits per heavy atom. The average molecular weight is 395 g/mol. The summed E-state index contributed by atoms with van der Waals surface area (Å²) in [5, 5.41) is 3.86. The van der Waals surface area contributed by atoms with Gasteiger partial charge in [0.15, 0.2) is 0 Å². The summed E-state index contributed by atoms with van der Waals surface area (Å²) < 4.78 is 7.72. The number of hydrogen-bond acceptors (Lipinski definition) is 3. The van der Waals surface area contributed by atoms with Crippen molar-refractivity contribution in [2.24, 2.45) is 5.92 Å². The van der Waals surface area contributed by atoms with Gasteiger partial charge in [0.05, 0.1) is 7.11 Å². The number of carbonyl (C=O) groups is 2. The smallest absolute Gasteiger partial charge is 0.328 e. The molecule has 1 heterocycles. The molecular weight excluding hydrogens is 372 g/mol. The number of nitrogens with zero attached hydrogens (tertiary/aromatic N) is 1. The number of benzene rings is 1. The topological polar surface area (TPSA) is 60.3 Å². The van der Waals surface area contributed by atoms with E-state index in [-0.39, 0.29) is 18.4 Å². The molecule has 0 bridgehead atoms. The van der Waals surface area contributed by atoms with Gasteiger partial charge >= 0.3 is 5.97 Å². The molecule has 130 valence electrons. The van der Waals surface area contributed by atoms with E-state index in [4.69, 9.17) is 4.74 Å². The van der Waals surface area contributed by atoms with Crippen LogP contribution >= 0.6 is 15.9 Å². The standard InChI is InChI=1S/C18H23BrN2O3/c1-11(2)9-14(18(23)24-4)20-16(22)10-21-12(3)17(19)13-7-5-6-8-15(13)21/h5-8,11,14H,9-10H2,1-4H3,(H,20,22). The Kier molecular flexibility index (Phi) is 6.04. The van der Waals surface area contributed by atoms with Crippen LogP contribution in [0, 0.1) is 12.8 Å². The van der Waals surface area contributed by atoms with Crippen molar-refractivity contribution in [3.8, 4) is 0 Å². The lowest BCUT2D eigenvalue weighted by Gasteiger charge is -2.19. The number of fused-ring (bicyclic) bond motifs is 1. The Morgan fingerprint density at radius 2 is 1.96 bits per heavy atom. The van der Waals surface area contributed by atoms with Crippen molar-refractivity contribution < 1.29 is 14.3 Å². The minimum absolute atomic E-state index is 0.156. The normalized spacial score (nSPS) is 12.4. The van der Waals surface area contributed by atoms with Gasteiger partial charge in [0.1, 0.15) is 12.6 Å². The molecule has 1 unspecified atom stereocenters. The van der Waals surface area contributed by atoms with Gasteiger partial charge in [0.25, 0.3) is 0 Å². The SMILES string of the molecule is COC(=O)C(CC(C)C)NC(=O)Cn1c(C)c(Br)c2ccccc21. The van der Waals surface area contributed by atoms with Crippen LogP contribution in [0.2, 0.25) is 0 Å². The average Bonchev–Trinajstić information content (AvgIpc) is 2.78. The van der Waals surface area contributed by atoms with Crippen LogP contribution in [0.25, 0.3) is 10.9 Å². The lowest BCUT2D eigenvalue weighted by atomic mass is 10.0. The highest BCUT2D eigenvalue weighted by Crippen LogP contribution is 2.30. The Balaban J connectivity index is 2.20. The van der Waals surface area contributed by atoms with Crippen molar-refractivity contribution in [2.75, 3.05) is 7.11 Å². The first-order valence-corrected chi connectivity index (χ1v) is 8.75. The number of esters is 1. The fourth-order valence-corrected chi connectivity index (χ4v) is 3.35. The third-order valence-corrected chi connectivity index (χ3v) is 4.98. The fraction of sp³-hybridized carbons (Fsp3) is 0.444. The predicted octanol–water partition coefficient (Wildman–Crippen LogP) is 3.42. The molecule has 5 nitrogen and oxygen atoms in total. The summed E-state index contributed by atoms with van der Waals surface area (Å²) in [4.78, 5) is 24.3. The highest BCUT2D eigenvalue weighted by molar-refractivity contribution is 9.10. The van der Waals surface area contributed by atoms with E-state index in [1.54, 1.807) is 0 Å². The van der Waals surface area contributed by atoms with Crippen LogP contribution in [0.3, 0.4) is 0 Å². The quantitative estimate of drug-likeness (QED) is 0.763. The Morgan fingerprint density at radius 3 is 2.58 bits per heavy atom. The molecule has 1 amide bonds. The maximum atomic E-state index is 12.5. The van der Waals surface area contributed by atoms with Crippen molar-refractivity contribution >= 4 is 38.7 Å². The summed E-state index contributed by atoms with van der Waals surface area (Å²) in [5.74, 6) is -0.340.